The summed E-state index contributed by atoms with van der Waals surface area (Å²) in [6.07, 6.45) is 0. The number of aryl methyl sites for hydroxylation is 1. The van der Waals surface area contributed by atoms with E-state index in [0.29, 0.717) is 0 Å². The largest absolute Gasteiger partial charge is 0.292 e. The van der Waals surface area contributed by atoms with Crippen molar-refractivity contribution in [1.29, 1.82) is 0 Å². The molecular formula is C26H20N2. The number of hydrogen-bond donors (Lipinski definition) is 0. The van der Waals surface area contributed by atoms with Crippen molar-refractivity contribution < 1.29 is 0 Å². The Kier molecular flexibility index (Phi) is 4.02. The summed E-state index contributed by atoms with van der Waals surface area (Å²) in [6.45, 7) is 2.11. The summed E-state index contributed by atoms with van der Waals surface area (Å²) < 4.78 is 2.23. The Balaban J connectivity index is 1.64. The predicted molar refractivity (Wildman–Crippen MR) is 117 cm³/mol. The second-order valence-electron chi connectivity index (χ2n) is 7.04. The lowest BCUT2D eigenvalue weighted by Crippen LogP contribution is -1.97. The van der Waals surface area contributed by atoms with E-state index in [0.717, 1.165) is 28.1 Å². The molecule has 2 nitrogen and oxygen atoms in total. The first-order valence-electron chi connectivity index (χ1n) is 9.50. The number of para-hydroxylation sites is 3. The Hall–Kier alpha value is -3.65. The van der Waals surface area contributed by atoms with Crippen LogP contribution >= 0.6 is 0 Å². The van der Waals surface area contributed by atoms with Gasteiger partial charge in [-0.05, 0) is 42.3 Å². The maximum atomic E-state index is 4.94. The van der Waals surface area contributed by atoms with Crippen LogP contribution in [-0.2, 0) is 0 Å². The van der Waals surface area contributed by atoms with Crippen LogP contribution in [0.4, 0.5) is 0 Å². The third kappa shape index (κ3) is 2.89. The van der Waals surface area contributed by atoms with Gasteiger partial charge < -0.3 is 0 Å². The molecule has 0 unspecified atom stereocenters. The highest BCUT2D eigenvalue weighted by molar-refractivity contribution is 5.83. The van der Waals surface area contributed by atoms with Crippen molar-refractivity contribution >= 4 is 11.0 Å². The highest BCUT2D eigenvalue weighted by atomic mass is 15.1. The minimum absolute atomic E-state index is 0.961. The SMILES string of the molecule is Cc1ccc(-c2ccc(-c3nc4ccccc4n3-c3ccccc3)cc2)cc1. The van der Waals surface area contributed by atoms with E-state index < -0.39 is 0 Å². The Morgan fingerprint density at radius 3 is 1.86 bits per heavy atom. The lowest BCUT2D eigenvalue weighted by molar-refractivity contribution is 1.10. The first-order chi connectivity index (χ1) is 13.8. The molecule has 0 radical (unpaired) electrons. The van der Waals surface area contributed by atoms with Crippen LogP contribution in [0, 0.1) is 6.92 Å². The topological polar surface area (TPSA) is 17.8 Å². The molecule has 0 aliphatic heterocycles. The number of fused-ring (bicyclic) bond motifs is 1. The van der Waals surface area contributed by atoms with Crippen molar-refractivity contribution in [3.63, 3.8) is 0 Å². The molecule has 0 bridgehead atoms. The lowest BCUT2D eigenvalue weighted by Gasteiger charge is -2.10. The first-order valence-corrected chi connectivity index (χ1v) is 9.50. The molecule has 134 valence electrons. The molecule has 5 aromatic rings. The maximum Gasteiger partial charge on any atom is 0.145 e. The smallest absolute Gasteiger partial charge is 0.145 e. The molecular weight excluding hydrogens is 340 g/mol. The molecule has 1 heterocycles. The van der Waals surface area contributed by atoms with E-state index in [1.807, 2.05) is 12.1 Å². The van der Waals surface area contributed by atoms with Crippen LogP contribution in [-0.4, -0.2) is 9.55 Å². The van der Waals surface area contributed by atoms with Crippen molar-refractivity contribution in [2.45, 2.75) is 6.92 Å². The van der Waals surface area contributed by atoms with Gasteiger partial charge in [-0.2, -0.15) is 0 Å². The molecule has 28 heavy (non-hydrogen) atoms. The van der Waals surface area contributed by atoms with Gasteiger partial charge in [0.15, 0.2) is 0 Å². The highest BCUT2D eigenvalue weighted by Gasteiger charge is 2.14. The first kappa shape index (κ1) is 16.5. The maximum absolute atomic E-state index is 4.94. The van der Waals surface area contributed by atoms with E-state index in [1.54, 1.807) is 0 Å². The van der Waals surface area contributed by atoms with E-state index >= 15 is 0 Å². The summed E-state index contributed by atoms with van der Waals surface area (Å²) >= 11 is 0. The molecule has 0 aliphatic carbocycles. The summed E-state index contributed by atoms with van der Waals surface area (Å²) in [5, 5.41) is 0. The summed E-state index contributed by atoms with van der Waals surface area (Å²) in [6, 6.07) is 36.0. The molecule has 0 spiro atoms. The molecule has 1 aromatic heterocycles. The summed E-state index contributed by atoms with van der Waals surface area (Å²) in [7, 11) is 0. The van der Waals surface area contributed by atoms with Crippen molar-refractivity contribution in [2.75, 3.05) is 0 Å². The average molecular weight is 360 g/mol. The van der Waals surface area contributed by atoms with E-state index in [-0.39, 0.29) is 0 Å². The van der Waals surface area contributed by atoms with E-state index in [1.165, 1.54) is 16.7 Å². The van der Waals surface area contributed by atoms with Gasteiger partial charge >= 0.3 is 0 Å². The van der Waals surface area contributed by atoms with Crippen LogP contribution in [0.3, 0.4) is 0 Å². The fourth-order valence-corrected chi connectivity index (χ4v) is 3.62. The second-order valence-corrected chi connectivity index (χ2v) is 7.04. The highest BCUT2D eigenvalue weighted by Crippen LogP contribution is 2.30. The van der Waals surface area contributed by atoms with Gasteiger partial charge in [0.05, 0.1) is 11.0 Å². The van der Waals surface area contributed by atoms with E-state index in [9.17, 15) is 0 Å². The quantitative estimate of drug-likeness (QED) is 0.351. The molecule has 4 aromatic carbocycles. The van der Waals surface area contributed by atoms with Crippen molar-refractivity contribution in [3.8, 4) is 28.2 Å². The number of hydrogen-bond acceptors (Lipinski definition) is 1. The molecule has 2 heteroatoms. The van der Waals surface area contributed by atoms with Gasteiger partial charge in [-0.15, -0.1) is 0 Å². The fourth-order valence-electron chi connectivity index (χ4n) is 3.62. The van der Waals surface area contributed by atoms with Crippen LogP contribution < -0.4 is 0 Å². The van der Waals surface area contributed by atoms with Gasteiger partial charge in [0, 0.05) is 11.3 Å². The monoisotopic (exact) mass is 360 g/mol. The Labute approximate surface area is 164 Å². The van der Waals surface area contributed by atoms with Gasteiger partial charge in [0.1, 0.15) is 5.82 Å². The van der Waals surface area contributed by atoms with Crippen LogP contribution in [0.5, 0.6) is 0 Å². The number of benzene rings is 4. The molecule has 0 N–H and O–H groups in total. The normalized spacial score (nSPS) is 11.0. The lowest BCUT2D eigenvalue weighted by atomic mass is 10.0. The standard InChI is InChI=1S/C26H20N2/c1-19-11-13-20(14-12-19)21-15-17-22(18-16-21)26-27-24-9-5-6-10-25(24)28(26)23-7-3-2-4-8-23/h2-18H,1H3. The van der Waals surface area contributed by atoms with Crippen LogP contribution in [0.25, 0.3) is 39.2 Å². The van der Waals surface area contributed by atoms with Gasteiger partial charge in [0.2, 0.25) is 0 Å². The zero-order chi connectivity index (χ0) is 18.9. The third-order valence-electron chi connectivity index (χ3n) is 5.10. The van der Waals surface area contributed by atoms with Crippen molar-refractivity contribution in [1.82, 2.24) is 9.55 Å². The van der Waals surface area contributed by atoms with Crippen LogP contribution in [0.2, 0.25) is 0 Å². The van der Waals surface area contributed by atoms with Crippen LogP contribution in [0.1, 0.15) is 5.56 Å². The molecule has 0 atom stereocenters. The van der Waals surface area contributed by atoms with E-state index in [2.05, 4.69) is 102 Å². The van der Waals surface area contributed by atoms with Crippen LogP contribution in [0.15, 0.2) is 103 Å². The van der Waals surface area contributed by atoms with E-state index in [4.69, 9.17) is 4.98 Å². The summed E-state index contributed by atoms with van der Waals surface area (Å²) in [4.78, 5) is 4.94. The minimum atomic E-state index is 0.961. The third-order valence-corrected chi connectivity index (χ3v) is 5.10. The average Bonchev–Trinajstić information content (AvgIpc) is 3.15. The molecule has 0 saturated carbocycles. The number of aromatic nitrogens is 2. The zero-order valence-electron chi connectivity index (χ0n) is 15.7. The zero-order valence-corrected chi connectivity index (χ0v) is 15.7. The molecule has 0 amide bonds. The minimum Gasteiger partial charge on any atom is -0.292 e. The van der Waals surface area contributed by atoms with Crippen molar-refractivity contribution in [3.05, 3.63) is 109 Å². The second kappa shape index (κ2) is 6.82. The predicted octanol–water partition coefficient (Wildman–Crippen LogP) is 6.67. The Bertz CT molecular complexity index is 1230. The molecule has 0 saturated heterocycles. The summed E-state index contributed by atoms with van der Waals surface area (Å²) in [5.74, 6) is 0.961. The summed E-state index contributed by atoms with van der Waals surface area (Å²) in [5.41, 5.74) is 8.07. The fraction of sp³-hybridized carbons (Fsp3) is 0.0385. The Morgan fingerprint density at radius 1 is 0.571 bits per heavy atom. The molecule has 0 fully saturated rings. The van der Waals surface area contributed by atoms with Gasteiger partial charge in [-0.1, -0.05) is 84.4 Å². The van der Waals surface area contributed by atoms with Gasteiger partial charge in [-0.25, -0.2) is 4.98 Å². The van der Waals surface area contributed by atoms with Crippen molar-refractivity contribution in [2.24, 2.45) is 0 Å². The number of rotatable bonds is 3. The van der Waals surface area contributed by atoms with Gasteiger partial charge in [-0.3, -0.25) is 4.57 Å². The number of imidazole rings is 1. The molecule has 0 aliphatic rings. The number of nitrogens with zero attached hydrogens (tertiary/aromatic N) is 2. The Morgan fingerprint density at radius 2 is 1.14 bits per heavy atom. The van der Waals surface area contributed by atoms with Gasteiger partial charge in [0.25, 0.3) is 0 Å². The molecule has 5 rings (SSSR count).